The molecule has 1 fully saturated rings. The first-order valence-corrected chi connectivity index (χ1v) is 9.75. The lowest BCUT2D eigenvalue weighted by atomic mass is 10.00. The van der Waals surface area contributed by atoms with Crippen LogP contribution in [0, 0.1) is 0 Å². The van der Waals surface area contributed by atoms with Crippen LogP contribution in [0.4, 0.5) is 0 Å². The topological polar surface area (TPSA) is 49.4 Å². The first-order chi connectivity index (χ1) is 13.0. The third-order valence-electron chi connectivity index (χ3n) is 5.18. The maximum atomic E-state index is 12.7. The van der Waals surface area contributed by atoms with Gasteiger partial charge in [-0.1, -0.05) is 56.3 Å². The molecule has 0 aromatic heterocycles. The molecule has 4 heteroatoms. The first kappa shape index (κ1) is 19.2. The Morgan fingerprint density at radius 2 is 1.63 bits per heavy atom. The summed E-state index contributed by atoms with van der Waals surface area (Å²) in [5.74, 6) is 0.596. The molecule has 0 unspecified atom stereocenters. The van der Waals surface area contributed by atoms with Gasteiger partial charge in [-0.15, -0.1) is 0 Å². The Morgan fingerprint density at radius 3 is 2.22 bits per heavy atom. The van der Waals surface area contributed by atoms with Gasteiger partial charge in [-0.05, 0) is 42.0 Å². The predicted octanol–water partition coefficient (Wildman–Crippen LogP) is 3.77. The number of carbonyl (C=O) groups is 2. The number of likely N-dealkylation sites (tertiary alicyclic amines) is 1. The Kier molecular flexibility index (Phi) is 6.28. The lowest BCUT2D eigenvalue weighted by Crippen LogP contribution is -2.46. The van der Waals surface area contributed by atoms with E-state index in [0.717, 1.165) is 24.0 Å². The highest BCUT2D eigenvalue weighted by Gasteiger charge is 2.24. The van der Waals surface area contributed by atoms with Crippen LogP contribution < -0.4 is 5.32 Å². The normalized spacial score (nSPS) is 15.0. The predicted molar refractivity (Wildman–Crippen MR) is 108 cm³/mol. The van der Waals surface area contributed by atoms with Crippen LogP contribution in [0.2, 0.25) is 0 Å². The van der Waals surface area contributed by atoms with Crippen LogP contribution >= 0.6 is 0 Å². The summed E-state index contributed by atoms with van der Waals surface area (Å²) < 4.78 is 0. The largest absolute Gasteiger partial charge is 0.353 e. The van der Waals surface area contributed by atoms with Gasteiger partial charge in [0, 0.05) is 24.7 Å². The van der Waals surface area contributed by atoms with Crippen molar-refractivity contribution in [1.82, 2.24) is 10.2 Å². The van der Waals surface area contributed by atoms with Gasteiger partial charge in [-0.25, -0.2) is 0 Å². The summed E-state index contributed by atoms with van der Waals surface area (Å²) in [6, 6.07) is 17.8. The molecule has 0 radical (unpaired) electrons. The van der Waals surface area contributed by atoms with E-state index < -0.39 is 0 Å². The van der Waals surface area contributed by atoms with Gasteiger partial charge in [0.1, 0.15) is 0 Å². The minimum Gasteiger partial charge on any atom is -0.353 e. The Hall–Kier alpha value is -2.62. The second kappa shape index (κ2) is 8.85. The SMILES string of the molecule is CC(C)c1ccc(C(=O)N2CCC(NC(=O)Cc3ccccc3)CC2)cc1. The van der Waals surface area contributed by atoms with Gasteiger partial charge in [0.2, 0.25) is 5.91 Å². The minimum atomic E-state index is 0.0512. The van der Waals surface area contributed by atoms with Crippen molar-refractivity contribution >= 4 is 11.8 Å². The molecule has 4 nitrogen and oxygen atoms in total. The molecular weight excluding hydrogens is 336 g/mol. The molecule has 142 valence electrons. The summed E-state index contributed by atoms with van der Waals surface area (Å²) in [6.07, 6.45) is 2.01. The van der Waals surface area contributed by atoms with Crippen molar-refractivity contribution < 1.29 is 9.59 Å². The number of hydrogen-bond donors (Lipinski definition) is 1. The lowest BCUT2D eigenvalue weighted by Gasteiger charge is -2.32. The quantitative estimate of drug-likeness (QED) is 0.878. The third kappa shape index (κ3) is 5.19. The van der Waals surface area contributed by atoms with Gasteiger partial charge in [0.05, 0.1) is 6.42 Å². The zero-order chi connectivity index (χ0) is 19.2. The molecule has 0 aliphatic carbocycles. The Morgan fingerprint density at radius 1 is 1.00 bits per heavy atom. The summed E-state index contributed by atoms with van der Waals surface area (Å²) in [7, 11) is 0. The number of nitrogens with one attached hydrogen (secondary N) is 1. The molecule has 2 aromatic rings. The van der Waals surface area contributed by atoms with E-state index in [1.165, 1.54) is 5.56 Å². The van der Waals surface area contributed by atoms with Crippen molar-refractivity contribution in [3.8, 4) is 0 Å². The van der Waals surface area contributed by atoms with E-state index in [2.05, 4.69) is 19.2 Å². The van der Waals surface area contributed by atoms with E-state index in [1.807, 2.05) is 59.5 Å². The molecule has 27 heavy (non-hydrogen) atoms. The van der Waals surface area contributed by atoms with Crippen molar-refractivity contribution in [3.63, 3.8) is 0 Å². The summed E-state index contributed by atoms with van der Waals surface area (Å²) in [5.41, 5.74) is 3.00. The maximum absolute atomic E-state index is 12.7. The van der Waals surface area contributed by atoms with Crippen LogP contribution in [0.25, 0.3) is 0 Å². The van der Waals surface area contributed by atoms with Gasteiger partial charge in [0.15, 0.2) is 0 Å². The molecule has 2 amide bonds. The molecule has 1 saturated heterocycles. The van der Waals surface area contributed by atoms with E-state index in [1.54, 1.807) is 0 Å². The lowest BCUT2D eigenvalue weighted by molar-refractivity contribution is -0.121. The van der Waals surface area contributed by atoms with Gasteiger partial charge in [-0.3, -0.25) is 9.59 Å². The minimum absolute atomic E-state index is 0.0512. The van der Waals surface area contributed by atoms with Crippen LogP contribution in [0.1, 0.15) is 54.1 Å². The Balaban J connectivity index is 1.48. The fraction of sp³-hybridized carbons (Fsp3) is 0.391. The van der Waals surface area contributed by atoms with Crippen molar-refractivity contribution in [2.24, 2.45) is 0 Å². The molecule has 0 spiro atoms. The Labute approximate surface area is 161 Å². The van der Waals surface area contributed by atoms with Crippen LogP contribution in [-0.2, 0) is 11.2 Å². The van der Waals surface area contributed by atoms with E-state index in [9.17, 15) is 9.59 Å². The van der Waals surface area contributed by atoms with Crippen LogP contribution in [-0.4, -0.2) is 35.8 Å². The number of hydrogen-bond acceptors (Lipinski definition) is 2. The molecule has 0 bridgehead atoms. The van der Waals surface area contributed by atoms with E-state index in [-0.39, 0.29) is 17.9 Å². The number of nitrogens with zero attached hydrogens (tertiary/aromatic N) is 1. The first-order valence-electron chi connectivity index (χ1n) is 9.75. The Bertz CT molecular complexity index is 761. The highest BCUT2D eigenvalue weighted by molar-refractivity contribution is 5.94. The molecule has 1 aliphatic heterocycles. The molecule has 1 N–H and O–H groups in total. The summed E-state index contributed by atoms with van der Waals surface area (Å²) in [4.78, 5) is 26.8. The monoisotopic (exact) mass is 364 g/mol. The van der Waals surface area contributed by atoms with Gasteiger partial charge in [0.25, 0.3) is 5.91 Å². The highest BCUT2D eigenvalue weighted by Crippen LogP contribution is 2.18. The maximum Gasteiger partial charge on any atom is 0.253 e. The number of amides is 2. The smallest absolute Gasteiger partial charge is 0.253 e. The third-order valence-corrected chi connectivity index (χ3v) is 5.18. The fourth-order valence-electron chi connectivity index (χ4n) is 3.48. The highest BCUT2D eigenvalue weighted by atomic mass is 16.2. The van der Waals surface area contributed by atoms with E-state index >= 15 is 0 Å². The van der Waals surface area contributed by atoms with Crippen LogP contribution in [0.5, 0.6) is 0 Å². The van der Waals surface area contributed by atoms with E-state index in [4.69, 9.17) is 0 Å². The molecule has 3 rings (SSSR count). The van der Waals surface area contributed by atoms with Crippen molar-refractivity contribution in [1.29, 1.82) is 0 Å². The van der Waals surface area contributed by atoms with Crippen molar-refractivity contribution in [2.75, 3.05) is 13.1 Å². The number of rotatable bonds is 5. The van der Waals surface area contributed by atoms with Crippen LogP contribution in [0.15, 0.2) is 54.6 Å². The number of carbonyl (C=O) groups excluding carboxylic acids is 2. The fourth-order valence-corrected chi connectivity index (χ4v) is 3.48. The molecule has 0 saturated carbocycles. The second-order valence-electron chi connectivity index (χ2n) is 7.57. The van der Waals surface area contributed by atoms with Crippen molar-refractivity contribution in [2.45, 2.75) is 45.1 Å². The number of piperidine rings is 1. The summed E-state index contributed by atoms with van der Waals surface area (Å²) in [5, 5.41) is 3.11. The zero-order valence-corrected chi connectivity index (χ0v) is 16.2. The standard InChI is InChI=1S/C23H28N2O2/c1-17(2)19-8-10-20(11-9-19)23(27)25-14-12-21(13-15-25)24-22(26)16-18-6-4-3-5-7-18/h3-11,17,21H,12-16H2,1-2H3,(H,24,26). The van der Waals surface area contributed by atoms with Gasteiger partial charge >= 0.3 is 0 Å². The van der Waals surface area contributed by atoms with Crippen molar-refractivity contribution in [3.05, 3.63) is 71.3 Å². The van der Waals surface area contributed by atoms with Gasteiger partial charge in [-0.2, -0.15) is 0 Å². The average Bonchev–Trinajstić information content (AvgIpc) is 2.69. The van der Waals surface area contributed by atoms with Gasteiger partial charge < -0.3 is 10.2 Å². The summed E-state index contributed by atoms with van der Waals surface area (Å²) >= 11 is 0. The molecule has 1 heterocycles. The number of benzene rings is 2. The second-order valence-corrected chi connectivity index (χ2v) is 7.57. The molecule has 1 aliphatic rings. The summed E-state index contributed by atoms with van der Waals surface area (Å²) in [6.45, 7) is 5.66. The average molecular weight is 364 g/mol. The van der Waals surface area contributed by atoms with E-state index in [0.29, 0.717) is 25.4 Å². The molecule has 0 atom stereocenters. The van der Waals surface area contributed by atoms with Crippen LogP contribution in [0.3, 0.4) is 0 Å². The zero-order valence-electron chi connectivity index (χ0n) is 16.2. The molecule has 2 aromatic carbocycles. The molecular formula is C23H28N2O2.